The number of aryl methyl sites for hydroxylation is 2. The van der Waals surface area contributed by atoms with E-state index >= 15 is 0 Å². The second-order valence-corrected chi connectivity index (χ2v) is 10.6. The highest BCUT2D eigenvalue weighted by atomic mass is 16.4. The van der Waals surface area contributed by atoms with Crippen molar-refractivity contribution in [3.63, 3.8) is 0 Å². The lowest BCUT2D eigenvalue weighted by atomic mass is 10.1. The quantitative estimate of drug-likeness (QED) is 0.189. The number of nitrogens with one attached hydrogen (secondary N) is 3. The molecule has 0 saturated heterocycles. The van der Waals surface area contributed by atoms with Gasteiger partial charge in [0.15, 0.2) is 12.4 Å². The van der Waals surface area contributed by atoms with E-state index in [1.807, 2.05) is 109 Å². The normalized spacial score (nSPS) is 9.91. The molecule has 4 N–H and O–H groups in total. The van der Waals surface area contributed by atoms with Gasteiger partial charge in [0.25, 0.3) is 0 Å². The number of carbonyl (C=O) groups is 2. The molecule has 0 bridgehead atoms. The number of aromatic amines is 1. The average molecular weight is 605 g/mol. The molecule has 0 fully saturated rings. The summed E-state index contributed by atoms with van der Waals surface area (Å²) in [5, 5.41) is 26.5. The summed E-state index contributed by atoms with van der Waals surface area (Å²) in [6.07, 6.45) is 3.82. The predicted molar refractivity (Wildman–Crippen MR) is 180 cm³/mol. The third-order valence-corrected chi connectivity index (χ3v) is 7.27. The molecule has 0 spiro atoms. The molecule has 0 radical (unpaired) electrons. The number of carbonyl (C=O) groups excluding carboxylic acids is 1. The van der Waals surface area contributed by atoms with Crippen LogP contribution in [0.3, 0.4) is 0 Å². The van der Waals surface area contributed by atoms with Gasteiger partial charge in [-0.25, -0.2) is 9.78 Å². The van der Waals surface area contributed by atoms with Gasteiger partial charge >= 0.3 is 5.97 Å². The molecule has 0 aliphatic carbocycles. The van der Waals surface area contributed by atoms with Gasteiger partial charge in [-0.2, -0.15) is 0 Å². The van der Waals surface area contributed by atoms with Crippen molar-refractivity contribution in [3.05, 3.63) is 143 Å². The van der Waals surface area contributed by atoms with Crippen molar-refractivity contribution in [3.8, 4) is 0 Å². The SMILES string of the molecule is CN(C)c1cc[nH+]cc1.Cc1cccc(Nc2ccccc2C(=O)O)c1C.Cc1cccc(Nc2ccccc2C(=O)[O-])c1C. The van der Waals surface area contributed by atoms with Crippen molar-refractivity contribution in [2.45, 2.75) is 27.7 Å². The second kappa shape index (κ2) is 16.3. The van der Waals surface area contributed by atoms with Crippen LogP contribution in [0.1, 0.15) is 43.0 Å². The summed E-state index contributed by atoms with van der Waals surface area (Å²) < 4.78 is 0. The summed E-state index contributed by atoms with van der Waals surface area (Å²) in [4.78, 5) is 27.2. The summed E-state index contributed by atoms with van der Waals surface area (Å²) in [6, 6.07) is 29.5. The van der Waals surface area contributed by atoms with Gasteiger partial charge in [0.05, 0.1) is 17.2 Å². The molecule has 0 unspecified atom stereocenters. The maximum absolute atomic E-state index is 11.1. The first kappa shape index (κ1) is 33.9. The molecule has 0 aliphatic rings. The van der Waals surface area contributed by atoms with Gasteiger partial charge in [-0.15, -0.1) is 0 Å². The van der Waals surface area contributed by atoms with Gasteiger partial charge in [-0.1, -0.05) is 54.6 Å². The molecule has 5 rings (SSSR count). The molecule has 45 heavy (non-hydrogen) atoms. The number of rotatable bonds is 7. The van der Waals surface area contributed by atoms with Crippen molar-refractivity contribution in [2.75, 3.05) is 29.6 Å². The first-order valence-corrected chi connectivity index (χ1v) is 14.4. The van der Waals surface area contributed by atoms with Gasteiger partial charge in [-0.3, -0.25) is 0 Å². The topological polar surface area (TPSA) is 119 Å². The van der Waals surface area contributed by atoms with Crippen molar-refractivity contribution in [1.82, 2.24) is 0 Å². The minimum atomic E-state index is -1.18. The third-order valence-electron chi connectivity index (χ3n) is 7.27. The fraction of sp³-hybridized carbons (Fsp3) is 0.162. The van der Waals surface area contributed by atoms with E-state index in [9.17, 15) is 14.7 Å². The molecule has 8 heteroatoms. The maximum Gasteiger partial charge on any atom is 0.337 e. The summed E-state index contributed by atoms with van der Waals surface area (Å²) in [5.74, 6) is -2.10. The van der Waals surface area contributed by atoms with Crippen molar-refractivity contribution < 1.29 is 24.8 Å². The van der Waals surface area contributed by atoms with Crippen LogP contribution in [0.5, 0.6) is 0 Å². The molecule has 0 saturated carbocycles. The highest BCUT2D eigenvalue weighted by Crippen LogP contribution is 2.26. The first-order valence-electron chi connectivity index (χ1n) is 14.4. The highest BCUT2D eigenvalue weighted by molar-refractivity contribution is 5.95. The minimum Gasteiger partial charge on any atom is -0.545 e. The van der Waals surface area contributed by atoms with E-state index in [2.05, 4.69) is 20.5 Å². The van der Waals surface area contributed by atoms with Crippen LogP contribution in [0.4, 0.5) is 28.4 Å². The molecule has 5 aromatic rings. The van der Waals surface area contributed by atoms with Crippen molar-refractivity contribution >= 4 is 40.4 Å². The molecule has 0 aliphatic heterocycles. The number of hydrogen-bond donors (Lipinski definition) is 3. The number of nitrogens with zero attached hydrogens (tertiary/aromatic N) is 1. The largest absolute Gasteiger partial charge is 0.545 e. The van der Waals surface area contributed by atoms with Crippen LogP contribution in [-0.2, 0) is 0 Å². The van der Waals surface area contributed by atoms with Crippen LogP contribution in [-0.4, -0.2) is 31.1 Å². The molecule has 8 nitrogen and oxygen atoms in total. The third kappa shape index (κ3) is 9.69. The lowest BCUT2D eigenvalue weighted by Gasteiger charge is -2.15. The van der Waals surface area contributed by atoms with Gasteiger partial charge in [0.2, 0.25) is 0 Å². The van der Waals surface area contributed by atoms with Crippen LogP contribution in [0.25, 0.3) is 0 Å². The number of pyridine rings is 1. The zero-order valence-corrected chi connectivity index (χ0v) is 26.5. The number of carboxylic acids is 2. The van der Waals surface area contributed by atoms with Crippen LogP contribution >= 0.6 is 0 Å². The summed E-state index contributed by atoms with van der Waals surface area (Å²) in [6.45, 7) is 8.06. The molecular formula is C37H40N4O4. The number of H-pyrrole nitrogens is 1. The fourth-order valence-corrected chi connectivity index (χ4v) is 4.29. The molecule has 1 heterocycles. The van der Waals surface area contributed by atoms with Crippen molar-refractivity contribution in [1.29, 1.82) is 0 Å². The first-order chi connectivity index (χ1) is 21.5. The number of aromatic nitrogens is 1. The summed E-state index contributed by atoms with van der Waals surface area (Å²) in [5.41, 5.74) is 9.21. The van der Waals surface area contributed by atoms with Crippen LogP contribution in [0.2, 0.25) is 0 Å². The zero-order chi connectivity index (χ0) is 32.9. The molecule has 0 atom stereocenters. The van der Waals surface area contributed by atoms with Gasteiger partial charge in [0.1, 0.15) is 0 Å². The Balaban J connectivity index is 0.000000195. The number of carboxylic acid groups (broad SMARTS) is 2. The van der Waals surface area contributed by atoms with E-state index < -0.39 is 11.9 Å². The van der Waals surface area contributed by atoms with E-state index in [0.717, 1.165) is 28.1 Å². The summed E-state index contributed by atoms with van der Waals surface area (Å²) in [7, 11) is 4.05. The number of hydrogen-bond acceptors (Lipinski definition) is 6. The number of para-hydroxylation sites is 2. The minimum absolute atomic E-state index is 0.165. The molecule has 0 amide bonds. The molecular weight excluding hydrogens is 564 g/mol. The van der Waals surface area contributed by atoms with Crippen LogP contribution in [0.15, 0.2) is 109 Å². The van der Waals surface area contributed by atoms with Crippen molar-refractivity contribution in [2.24, 2.45) is 0 Å². The van der Waals surface area contributed by atoms with E-state index in [-0.39, 0.29) is 11.1 Å². The number of benzene rings is 4. The van der Waals surface area contributed by atoms with Crippen LogP contribution in [0, 0.1) is 27.7 Å². The molecule has 1 aromatic heterocycles. The lowest BCUT2D eigenvalue weighted by Crippen LogP contribution is -2.23. The zero-order valence-electron chi connectivity index (χ0n) is 26.5. The Bertz CT molecular complexity index is 1630. The Hall–Kier alpha value is -5.63. The smallest absolute Gasteiger partial charge is 0.337 e. The average Bonchev–Trinajstić information content (AvgIpc) is 3.03. The Labute approximate surface area is 265 Å². The monoisotopic (exact) mass is 604 g/mol. The Morgan fingerprint density at radius 2 is 1.04 bits per heavy atom. The predicted octanol–water partition coefficient (Wildman–Crippen LogP) is 6.72. The Morgan fingerprint density at radius 1 is 0.622 bits per heavy atom. The van der Waals surface area contributed by atoms with E-state index in [0.29, 0.717) is 11.4 Å². The lowest BCUT2D eigenvalue weighted by molar-refractivity contribution is -0.377. The van der Waals surface area contributed by atoms with Gasteiger partial charge in [0, 0.05) is 54.5 Å². The Kier molecular flexibility index (Phi) is 12.3. The standard InChI is InChI=1S/2C15H15NO2.C7H10N2/c2*1-10-6-5-9-13(11(10)2)16-14-8-4-3-7-12(14)15(17)18;1-9(2)7-3-5-8-6-4-7/h2*3-9,16H,1-2H3,(H,17,18);3-6H,1-2H3. The van der Waals surface area contributed by atoms with Gasteiger partial charge in [-0.05, 0) is 80.3 Å². The van der Waals surface area contributed by atoms with Crippen LogP contribution < -0.4 is 25.6 Å². The molecule has 4 aromatic carbocycles. The number of aromatic carboxylic acids is 2. The van der Waals surface area contributed by atoms with E-state index in [4.69, 9.17) is 5.11 Å². The Morgan fingerprint density at radius 3 is 1.47 bits per heavy atom. The summed E-state index contributed by atoms with van der Waals surface area (Å²) >= 11 is 0. The van der Waals surface area contributed by atoms with E-state index in [1.165, 1.54) is 17.3 Å². The van der Waals surface area contributed by atoms with E-state index in [1.54, 1.807) is 36.4 Å². The number of anilines is 5. The fourth-order valence-electron chi connectivity index (χ4n) is 4.29. The maximum atomic E-state index is 11.1. The van der Waals surface area contributed by atoms with Gasteiger partial charge < -0.3 is 30.5 Å². The second-order valence-electron chi connectivity index (χ2n) is 10.6. The molecule has 232 valence electrons. The highest BCUT2D eigenvalue weighted by Gasteiger charge is 2.10.